The van der Waals surface area contributed by atoms with Crippen LogP contribution in [0.3, 0.4) is 0 Å². The first-order valence-electron chi connectivity index (χ1n) is 5.97. The Morgan fingerprint density at radius 1 is 1.24 bits per heavy atom. The summed E-state index contributed by atoms with van der Waals surface area (Å²) >= 11 is 0. The molecule has 0 fully saturated rings. The minimum Gasteiger partial charge on any atom is -0.481 e. The van der Waals surface area contributed by atoms with Gasteiger partial charge in [-0.05, 0) is 50.3 Å². The molecule has 2 nitrogen and oxygen atoms in total. The number of allylic oxidation sites excluding steroid dienone is 1. The van der Waals surface area contributed by atoms with E-state index in [1.807, 2.05) is 0 Å². The van der Waals surface area contributed by atoms with Crippen LogP contribution in [0.4, 0.5) is 0 Å². The van der Waals surface area contributed by atoms with Crippen LogP contribution in [0.2, 0.25) is 0 Å². The molecule has 0 amide bonds. The summed E-state index contributed by atoms with van der Waals surface area (Å²) in [4.78, 5) is 10.4. The van der Waals surface area contributed by atoms with Crippen molar-refractivity contribution in [2.45, 2.75) is 40.0 Å². The lowest BCUT2D eigenvalue weighted by atomic mass is 9.99. The van der Waals surface area contributed by atoms with Crippen LogP contribution in [0.5, 0.6) is 0 Å². The molecule has 0 heterocycles. The summed E-state index contributed by atoms with van der Waals surface area (Å²) in [5, 5.41) is 8.52. The van der Waals surface area contributed by atoms with E-state index in [4.69, 9.17) is 5.11 Å². The summed E-state index contributed by atoms with van der Waals surface area (Å²) < 4.78 is 0. The maximum Gasteiger partial charge on any atom is 0.303 e. The molecule has 0 radical (unpaired) electrons. The fourth-order valence-electron chi connectivity index (χ4n) is 2.03. The maximum absolute atomic E-state index is 10.4. The first-order valence-corrected chi connectivity index (χ1v) is 5.97. The Hall–Kier alpha value is -1.57. The lowest BCUT2D eigenvalue weighted by molar-refractivity contribution is -0.137. The number of rotatable bonds is 5. The Morgan fingerprint density at radius 2 is 1.82 bits per heavy atom. The number of hydrogen-bond donors (Lipinski definition) is 1. The van der Waals surface area contributed by atoms with Gasteiger partial charge in [0.05, 0.1) is 0 Å². The van der Waals surface area contributed by atoms with Crippen molar-refractivity contribution in [1.29, 1.82) is 0 Å². The van der Waals surface area contributed by atoms with Crippen LogP contribution in [0.25, 0.3) is 6.08 Å². The van der Waals surface area contributed by atoms with Gasteiger partial charge in [0.1, 0.15) is 0 Å². The van der Waals surface area contributed by atoms with Gasteiger partial charge in [-0.3, -0.25) is 4.79 Å². The second kappa shape index (κ2) is 6.24. The summed E-state index contributed by atoms with van der Waals surface area (Å²) in [6.45, 7) is 6.31. The molecule has 0 unspecified atom stereocenters. The lowest BCUT2D eigenvalue weighted by Crippen LogP contribution is -1.92. The number of carboxylic acids is 1. The van der Waals surface area contributed by atoms with Gasteiger partial charge in [-0.25, -0.2) is 0 Å². The topological polar surface area (TPSA) is 37.3 Å². The zero-order chi connectivity index (χ0) is 12.8. The fraction of sp³-hybridized carbons (Fsp3) is 0.400. The molecular formula is C15H20O2. The van der Waals surface area contributed by atoms with E-state index in [0.717, 1.165) is 6.42 Å². The lowest BCUT2D eigenvalue weighted by Gasteiger charge is -2.06. The Bertz CT molecular complexity index is 408. The standard InChI is InChI=1S/C15H20O2/c1-11-9-12(2)14(13(3)10-11)7-5-4-6-8-15(16)17/h5,7,9-10H,4,6,8H2,1-3H3,(H,16,17)/b7-5+. The molecule has 1 aromatic rings. The van der Waals surface area contributed by atoms with Crippen LogP contribution in [0.15, 0.2) is 18.2 Å². The first-order chi connectivity index (χ1) is 8.00. The van der Waals surface area contributed by atoms with Crippen LogP contribution < -0.4 is 0 Å². The molecule has 0 saturated heterocycles. The average Bonchev–Trinajstić information content (AvgIpc) is 2.20. The highest BCUT2D eigenvalue weighted by Crippen LogP contribution is 2.18. The molecule has 92 valence electrons. The van der Waals surface area contributed by atoms with E-state index in [-0.39, 0.29) is 6.42 Å². The van der Waals surface area contributed by atoms with Gasteiger partial charge < -0.3 is 5.11 Å². The fourth-order valence-corrected chi connectivity index (χ4v) is 2.03. The van der Waals surface area contributed by atoms with Crippen LogP contribution >= 0.6 is 0 Å². The number of hydrogen-bond acceptors (Lipinski definition) is 1. The molecule has 1 N–H and O–H groups in total. The van der Waals surface area contributed by atoms with Gasteiger partial charge >= 0.3 is 5.97 Å². The molecule has 17 heavy (non-hydrogen) atoms. The third-order valence-electron chi connectivity index (χ3n) is 2.78. The summed E-state index contributed by atoms with van der Waals surface area (Å²) in [6.07, 6.45) is 5.94. The number of aryl methyl sites for hydroxylation is 3. The molecule has 0 bridgehead atoms. The third-order valence-corrected chi connectivity index (χ3v) is 2.78. The molecule has 1 aromatic carbocycles. The van der Waals surface area contributed by atoms with Crippen LogP contribution in [-0.2, 0) is 4.79 Å². The van der Waals surface area contributed by atoms with Crippen molar-refractivity contribution >= 4 is 12.0 Å². The Kier molecular flexibility index (Phi) is 4.95. The zero-order valence-electron chi connectivity index (χ0n) is 10.8. The maximum atomic E-state index is 10.4. The van der Waals surface area contributed by atoms with E-state index in [9.17, 15) is 4.79 Å². The van der Waals surface area contributed by atoms with Crippen molar-refractivity contribution in [3.8, 4) is 0 Å². The smallest absolute Gasteiger partial charge is 0.303 e. The molecule has 0 aliphatic rings. The molecule has 0 aromatic heterocycles. The summed E-state index contributed by atoms with van der Waals surface area (Å²) in [6, 6.07) is 4.34. The Balaban J connectivity index is 2.62. The number of carboxylic acid groups (broad SMARTS) is 1. The summed E-state index contributed by atoms with van der Waals surface area (Å²) in [7, 11) is 0. The SMILES string of the molecule is Cc1cc(C)c(/C=C/CCCC(=O)O)c(C)c1. The quantitative estimate of drug-likeness (QED) is 0.782. The van der Waals surface area contributed by atoms with Gasteiger partial charge in [-0.2, -0.15) is 0 Å². The number of unbranched alkanes of at least 4 members (excludes halogenated alkanes) is 1. The monoisotopic (exact) mass is 232 g/mol. The number of benzene rings is 1. The van der Waals surface area contributed by atoms with Crippen LogP contribution in [0, 0.1) is 20.8 Å². The second-order valence-corrected chi connectivity index (χ2v) is 4.50. The van der Waals surface area contributed by atoms with Crippen molar-refractivity contribution < 1.29 is 9.90 Å². The minimum absolute atomic E-state index is 0.246. The Morgan fingerprint density at radius 3 is 2.35 bits per heavy atom. The predicted octanol–water partition coefficient (Wildman–Crippen LogP) is 3.88. The Labute approximate surface area is 103 Å². The predicted molar refractivity (Wildman–Crippen MR) is 71.2 cm³/mol. The van der Waals surface area contributed by atoms with Crippen molar-refractivity contribution in [2.75, 3.05) is 0 Å². The minimum atomic E-state index is -0.721. The highest BCUT2D eigenvalue weighted by molar-refractivity contribution is 5.66. The van der Waals surface area contributed by atoms with Gasteiger partial charge in [0, 0.05) is 6.42 Å². The van der Waals surface area contributed by atoms with Gasteiger partial charge in [-0.15, -0.1) is 0 Å². The van der Waals surface area contributed by atoms with E-state index >= 15 is 0 Å². The largest absolute Gasteiger partial charge is 0.481 e. The van der Waals surface area contributed by atoms with Crippen LogP contribution in [0.1, 0.15) is 41.5 Å². The normalized spacial score (nSPS) is 11.0. The zero-order valence-corrected chi connectivity index (χ0v) is 10.8. The third kappa shape index (κ3) is 4.43. The summed E-state index contributed by atoms with van der Waals surface area (Å²) in [5.74, 6) is -0.721. The highest BCUT2D eigenvalue weighted by atomic mass is 16.4. The van der Waals surface area contributed by atoms with E-state index in [2.05, 4.69) is 45.1 Å². The number of carbonyl (C=O) groups is 1. The van der Waals surface area contributed by atoms with Crippen molar-refractivity contribution in [3.63, 3.8) is 0 Å². The molecule has 1 rings (SSSR count). The average molecular weight is 232 g/mol. The van der Waals surface area contributed by atoms with Crippen molar-refractivity contribution in [3.05, 3.63) is 40.5 Å². The van der Waals surface area contributed by atoms with Crippen molar-refractivity contribution in [2.24, 2.45) is 0 Å². The molecule has 0 spiro atoms. The van der Waals surface area contributed by atoms with Crippen LogP contribution in [-0.4, -0.2) is 11.1 Å². The van der Waals surface area contributed by atoms with Crippen molar-refractivity contribution in [1.82, 2.24) is 0 Å². The van der Waals surface area contributed by atoms with Gasteiger partial charge in [0.2, 0.25) is 0 Å². The molecule has 0 aliphatic heterocycles. The van der Waals surface area contributed by atoms with Gasteiger partial charge in [0.15, 0.2) is 0 Å². The molecule has 2 heteroatoms. The molecule has 0 aliphatic carbocycles. The van der Waals surface area contributed by atoms with Gasteiger partial charge in [0.25, 0.3) is 0 Å². The molecular weight excluding hydrogens is 212 g/mol. The first kappa shape index (κ1) is 13.5. The van der Waals surface area contributed by atoms with E-state index in [0.29, 0.717) is 6.42 Å². The van der Waals surface area contributed by atoms with E-state index in [1.165, 1.54) is 22.3 Å². The summed E-state index contributed by atoms with van der Waals surface area (Å²) in [5.41, 5.74) is 5.09. The van der Waals surface area contributed by atoms with E-state index < -0.39 is 5.97 Å². The second-order valence-electron chi connectivity index (χ2n) is 4.50. The molecule has 0 atom stereocenters. The van der Waals surface area contributed by atoms with Gasteiger partial charge in [-0.1, -0.05) is 29.8 Å². The van der Waals surface area contributed by atoms with E-state index in [1.54, 1.807) is 0 Å². The number of aliphatic carboxylic acids is 1. The molecule has 0 saturated carbocycles. The highest BCUT2D eigenvalue weighted by Gasteiger charge is 2.00.